The number of aryl methyl sites for hydroxylation is 1. The molecular formula is C13H22N4O2. The van der Waals surface area contributed by atoms with E-state index in [0.717, 1.165) is 38.1 Å². The maximum absolute atomic E-state index is 12.1. The monoisotopic (exact) mass is 266 g/mol. The van der Waals surface area contributed by atoms with Crippen molar-refractivity contribution < 1.29 is 9.32 Å². The van der Waals surface area contributed by atoms with E-state index in [-0.39, 0.29) is 11.9 Å². The maximum atomic E-state index is 12.1. The van der Waals surface area contributed by atoms with Gasteiger partial charge in [0.25, 0.3) is 0 Å². The zero-order valence-electron chi connectivity index (χ0n) is 11.9. The number of likely N-dealkylation sites (N-methyl/N-ethyl adjacent to an activating group) is 1. The van der Waals surface area contributed by atoms with Gasteiger partial charge in [0.15, 0.2) is 5.82 Å². The quantitative estimate of drug-likeness (QED) is 0.798. The predicted octanol–water partition coefficient (Wildman–Crippen LogP) is 1.07. The minimum atomic E-state index is -0.0449. The summed E-state index contributed by atoms with van der Waals surface area (Å²) in [5.74, 6) is 1.53. The molecule has 19 heavy (non-hydrogen) atoms. The van der Waals surface area contributed by atoms with Crippen LogP contribution in [0.25, 0.3) is 0 Å². The highest BCUT2D eigenvalue weighted by atomic mass is 16.5. The third-order valence-electron chi connectivity index (χ3n) is 3.41. The van der Waals surface area contributed by atoms with Crippen molar-refractivity contribution in [3.05, 3.63) is 11.7 Å². The molecule has 2 heterocycles. The summed E-state index contributed by atoms with van der Waals surface area (Å²) < 4.78 is 5.24. The van der Waals surface area contributed by atoms with Gasteiger partial charge in [-0.3, -0.25) is 9.69 Å². The molecule has 1 unspecified atom stereocenters. The van der Waals surface area contributed by atoms with Gasteiger partial charge in [0.05, 0.1) is 12.6 Å². The van der Waals surface area contributed by atoms with E-state index in [4.69, 9.17) is 4.52 Å². The molecule has 6 heteroatoms. The van der Waals surface area contributed by atoms with E-state index in [2.05, 4.69) is 22.0 Å². The lowest BCUT2D eigenvalue weighted by molar-refractivity contribution is -0.133. The van der Waals surface area contributed by atoms with Gasteiger partial charge in [-0.15, -0.1) is 0 Å². The Labute approximate surface area is 113 Å². The fraction of sp³-hybridized carbons (Fsp3) is 0.769. The summed E-state index contributed by atoms with van der Waals surface area (Å²) in [6, 6.07) is -0.0449. The van der Waals surface area contributed by atoms with Crippen LogP contribution >= 0.6 is 0 Å². The van der Waals surface area contributed by atoms with Gasteiger partial charge in [-0.2, -0.15) is 4.98 Å². The number of rotatable bonds is 5. The van der Waals surface area contributed by atoms with Crippen molar-refractivity contribution in [3.8, 4) is 0 Å². The SMILES string of the molecule is CCCc1noc(CN2CCCC2C(=O)N(C)C)n1. The standard InChI is InChI=1S/C13H22N4O2/c1-4-6-11-14-12(19-15-11)9-17-8-5-7-10(17)13(18)16(2)3/h10H,4-9H2,1-3H3. The molecule has 1 atom stereocenters. The van der Waals surface area contributed by atoms with Gasteiger partial charge in [-0.05, 0) is 25.8 Å². The normalized spacial score (nSPS) is 19.8. The summed E-state index contributed by atoms with van der Waals surface area (Å²) in [5.41, 5.74) is 0. The van der Waals surface area contributed by atoms with Crippen molar-refractivity contribution in [2.45, 2.75) is 45.2 Å². The summed E-state index contributed by atoms with van der Waals surface area (Å²) in [7, 11) is 3.59. The van der Waals surface area contributed by atoms with E-state index < -0.39 is 0 Å². The van der Waals surface area contributed by atoms with Crippen LogP contribution in [-0.2, 0) is 17.8 Å². The molecule has 0 bridgehead atoms. The van der Waals surface area contributed by atoms with Crippen molar-refractivity contribution >= 4 is 5.91 Å². The second-order valence-corrected chi connectivity index (χ2v) is 5.22. The number of hydrogen-bond donors (Lipinski definition) is 0. The predicted molar refractivity (Wildman–Crippen MR) is 70.4 cm³/mol. The molecule has 1 aromatic rings. The molecule has 1 fully saturated rings. The van der Waals surface area contributed by atoms with E-state index in [1.807, 2.05) is 0 Å². The number of carbonyl (C=O) groups is 1. The molecule has 6 nitrogen and oxygen atoms in total. The van der Waals surface area contributed by atoms with Crippen LogP contribution in [0.3, 0.4) is 0 Å². The first-order chi connectivity index (χ1) is 9.11. The van der Waals surface area contributed by atoms with Gasteiger partial charge < -0.3 is 9.42 Å². The second-order valence-electron chi connectivity index (χ2n) is 5.22. The van der Waals surface area contributed by atoms with E-state index in [0.29, 0.717) is 12.4 Å². The lowest BCUT2D eigenvalue weighted by atomic mass is 10.2. The summed E-state index contributed by atoms with van der Waals surface area (Å²) >= 11 is 0. The van der Waals surface area contributed by atoms with Gasteiger partial charge in [0, 0.05) is 20.5 Å². The summed E-state index contributed by atoms with van der Waals surface area (Å²) in [5, 5.41) is 3.94. The lowest BCUT2D eigenvalue weighted by Gasteiger charge is -2.24. The van der Waals surface area contributed by atoms with Crippen LogP contribution in [0, 0.1) is 0 Å². The number of nitrogens with zero attached hydrogens (tertiary/aromatic N) is 4. The number of carbonyl (C=O) groups excluding carboxylic acids is 1. The minimum Gasteiger partial charge on any atom is -0.347 e. The number of aromatic nitrogens is 2. The first-order valence-corrected chi connectivity index (χ1v) is 6.88. The highest BCUT2D eigenvalue weighted by Gasteiger charge is 2.32. The molecule has 1 amide bonds. The Balaban J connectivity index is 1.98. The summed E-state index contributed by atoms with van der Waals surface area (Å²) in [6.07, 6.45) is 3.79. The Bertz CT molecular complexity index is 430. The third-order valence-corrected chi connectivity index (χ3v) is 3.41. The topological polar surface area (TPSA) is 62.5 Å². The molecule has 1 aromatic heterocycles. The number of hydrogen-bond acceptors (Lipinski definition) is 5. The Kier molecular flexibility index (Phi) is 4.52. The van der Waals surface area contributed by atoms with Gasteiger partial charge >= 0.3 is 0 Å². The van der Waals surface area contributed by atoms with Crippen LogP contribution in [0.1, 0.15) is 37.9 Å². The molecule has 0 N–H and O–H groups in total. The minimum absolute atomic E-state index is 0.0449. The third kappa shape index (κ3) is 3.32. The van der Waals surface area contributed by atoms with E-state index in [1.165, 1.54) is 0 Å². The largest absolute Gasteiger partial charge is 0.347 e. The van der Waals surface area contributed by atoms with Gasteiger partial charge in [-0.1, -0.05) is 12.1 Å². The van der Waals surface area contributed by atoms with Crippen LogP contribution in [0.2, 0.25) is 0 Å². The fourth-order valence-electron chi connectivity index (χ4n) is 2.45. The molecular weight excluding hydrogens is 244 g/mol. The zero-order valence-corrected chi connectivity index (χ0v) is 11.9. The molecule has 0 aromatic carbocycles. The van der Waals surface area contributed by atoms with Crippen molar-refractivity contribution in [1.29, 1.82) is 0 Å². The number of likely N-dealkylation sites (tertiary alicyclic amines) is 1. The van der Waals surface area contributed by atoms with Crippen LogP contribution in [0.15, 0.2) is 4.52 Å². The molecule has 1 saturated heterocycles. The highest BCUT2D eigenvalue weighted by molar-refractivity contribution is 5.81. The molecule has 0 radical (unpaired) electrons. The Morgan fingerprint density at radius 1 is 1.53 bits per heavy atom. The molecule has 0 saturated carbocycles. The Hall–Kier alpha value is -1.43. The Morgan fingerprint density at radius 3 is 3.00 bits per heavy atom. The zero-order chi connectivity index (χ0) is 13.8. The van der Waals surface area contributed by atoms with Crippen molar-refractivity contribution in [3.63, 3.8) is 0 Å². The van der Waals surface area contributed by atoms with Crippen LogP contribution in [0.4, 0.5) is 0 Å². The van der Waals surface area contributed by atoms with E-state index in [9.17, 15) is 4.79 Å². The maximum Gasteiger partial charge on any atom is 0.240 e. The van der Waals surface area contributed by atoms with Crippen LogP contribution in [0.5, 0.6) is 0 Å². The second kappa shape index (κ2) is 6.14. The smallest absolute Gasteiger partial charge is 0.240 e. The van der Waals surface area contributed by atoms with Crippen molar-refractivity contribution in [1.82, 2.24) is 19.9 Å². The molecule has 0 spiro atoms. The summed E-state index contributed by atoms with van der Waals surface area (Å²) in [6.45, 7) is 3.57. The van der Waals surface area contributed by atoms with Crippen LogP contribution < -0.4 is 0 Å². The molecule has 2 rings (SSSR count). The Morgan fingerprint density at radius 2 is 2.32 bits per heavy atom. The van der Waals surface area contributed by atoms with Crippen molar-refractivity contribution in [2.24, 2.45) is 0 Å². The lowest BCUT2D eigenvalue weighted by Crippen LogP contribution is -2.42. The average molecular weight is 266 g/mol. The van der Waals surface area contributed by atoms with Crippen molar-refractivity contribution in [2.75, 3.05) is 20.6 Å². The van der Waals surface area contributed by atoms with Gasteiger partial charge in [0.2, 0.25) is 11.8 Å². The molecule has 1 aliphatic heterocycles. The van der Waals surface area contributed by atoms with E-state index >= 15 is 0 Å². The number of amides is 1. The van der Waals surface area contributed by atoms with Gasteiger partial charge in [0.1, 0.15) is 0 Å². The molecule has 1 aliphatic rings. The first kappa shape index (κ1) is 14.0. The highest BCUT2D eigenvalue weighted by Crippen LogP contribution is 2.20. The molecule has 106 valence electrons. The average Bonchev–Trinajstić information content (AvgIpc) is 2.99. The van der Waals surface area contributed by atoms with Crippen LogP contribution in [-0.4, -0.2) is 52.5 Å². The first-order valence-electron chi connectivity index (χ1n) is 6.88. The fourth-order valence-corrected chi connectivity index (χ4v) is 2.45. The van der Waals surface area contributed by atoms with E-state index in [1.54, 1.807) is 19.0 Å². The summed E-state index contributed by atoms with van der Waals surface area (Å²) in [4.78, 5) is 20.2. The molecule has 0 aliphatic carbocycles. The van der Waals surface area contributed by atoms with Gasteiger partial charge in [-0.25, -0.2) is 0 Å².